The molecule has 1 atom stereocenters. The molecule has 0 amide bonds. The predicted molar refractivity (Wildman–Crippen MR) is 73.5 cm³/mol. The summed E-state index contributed by atoms with van der Waals surface area (Å²) in [5.74, 6) is -0.378. The maximum Gasteiger partial charge on any atom is 0.508 e. The zero-order valence-electron chi connectivity index (χ0n) is 11.8. The second-order valence-corrected chi connectivity index (χ2v) is 4.12. The van der Waals surface area contributed by atoms with Gasteiger partial charge in [-0.3, -0.25) is 0 Å². The van der Waals surface area contributed by atoms with Crippen molar-refractivity contribution in [1.29, 1.82) is 0 Å². The Hall–Kier alpha value is -2.04. The van der Waals surface area contributed by atoms with E-state index in [0.717, 1.165) is 0 Å². The third-order valence-corrected chi connectivity index (χ3v) is 2.66. The number of ether oxygens (including phenoxy) is 3. The van der Waals surface area contributed by atoms with Gasteiger partial charge in [-0.15, -0.1) is 0 Å². The zero-order chi connectivity index (χ0) is 14.8. The summed E-state index contributed by atoms with van der Waals surface area (Å²) in [6.07, 6.45) is 0.0987. The van der Waals surface area contributed by atoms with E-state index >= 15 is 0 Å². The first-order valence-corrected chi connectivity index (χ1v) is 6.73. The lowest BCUT2D eigenvalue weighted by molar-refractivity contribution is 0.0110. The number of hydrogen-bond donors (Lipinski definition) is 0. The van der Waals surface area contributed by atoms with Crippen molar-refractivity contribution >= 4 is 12.1 Å². The molecule has 0 bridgehead atoms. The van der Waals surface area contributed by atoms with E-state index < -0.39 is 6.16 Å². The van der Waals surface area contributed by atoms with Crippen LogP contribution in [0.15, 0.2) is 30.3 Å². The monoisotopic (exact) mass is 280 g/mol. The van der Waals surface area contributed by atoms with Gasteiger partial charge in [0.2, 0.25) is 0 Å². The summed E-state index contributed by atoms with van der Waals surface area (Å²) in [6.45, 7) is 4.08. The summed E-state index contributed by atoms with van der Waals surface area (Å²) >= 11 is 0. The van der Waals surface area contributed by atoms with E-state index in [1.165, 1.54) is 0 Å². The van der Waals surface area contributed by atoms with Gasteiger partial charge in [-0.2, -0.15) is 0 Å². The van der Waals surface area contributed by atoms with Crippen molar-refractivity contribution in [3.8, 4) is 0 Å². The van der Waals surface area contributed by atoms with Gasteiger partial charge in [-0.1, -0.05) is 25.1 Å². The summed E-state index contributed by atoms with van der Waals surface area (Å²) in [7, 11) is 0. The van der Waals surface area contributed by atoms with Gasteiger partial charge in [0.15, 0.2) is 0 Å². The van der Waals surface area contributed by atoms with Crippen LogP contribution in [0.5, 0.6) is 0 Å². The second kappa shape index (κ2) is 8.96. The lowest BCUT2D eigenvalue weighted by Gasteiger charge is -2.15. The van der Waals surface area contributed by atoms with Crippen LogP contribution in [0.3, 0.4) is 0 Å². The molecule has 0 saturated carbocycles. The van der Waals surface area contributed by atoms with Crippen LogP contribution in [0.25, 0.3) is 0 Å². The molecule has 0 aromatic heterocycles. The van der Waals surface area contributed by atoms with Crippen LogP contribution in [0, 0.1) is 0 Å². The van der Waals surface area contributed by atoms with Gasteiger partial charge in [0.05, 0.1) is 18.8 Å². The molecule has 1 aromatic carbocycles. The molecule has 110 valence electrons. The summed E-state index contributed by atoms with van der Waals surface area (Å²) in [5, 5.41) is 0. The van der Waals surface area contributed by atoms with E-state index in [1.807, 2.05) is 13.0 Å². The van der Waals surface area contributed by atoms with Crippen molar-refractivity contribution in [2.45, 2.75) is 32.8 Å². The van der Waals surface area contributed by atoms with Crippen molar-refractivity contribution in [2.75, 3.05) is 13.2 Å². The van der Waals surface area contributed by atoms with Crippen LogP contribution in [0.2, 0.25) is 0 Å². The molecule has 1 rings (SSSR count). The summed E-state index contributed by atoms with van der Waals surface area (Å²) in [5.41, 5.74) is 0.506. The van der Waals surface area contributed by atoms with E-state index in [9.17, 15) is 9.59 Å². The molecule has 5 heteroatoms. The third kappa shape index (κ3) is 5.73. The minimum Gasteiger partial charge on any atom is -0.462 e. The molecule has 1 unspecified atom stereocenters. The Labute approximate surface area is 118 Å². The molecule has 20 heavy (non-hydrogen) atoms. The molecule has 1 aromatic rings. The van der Waals surface area contributed by atoms with Crippen LogP contribution in [0.1, 0.15) is 37.0 Å². The molecule has 0 radical (unpaired) electrons. The highest BCUT2D eigenvalue weighted by Crippen LogP contribution is 2.07. The molecule has 0 fully saturated rings. The Morgan fingerprint density at radius 3 is 2.40 bits per heavy atom. The van der Waals surface area contributed by atoms with Gasteiger partial charge in [0.1, 0.15) is 6.10 Å². The average molecular weight is 280 g/mol. The quantitative estimate of drug-likeness (QED) is 0.718. The highest BCUT2D eigenvalue weighted by atomic mass is 16.7. The van der Waals surface area contributed by atoms with E-state index in [-0.39, 0.29) is 25.3 Å². The first kappa shape index (κ1) is 16.0. The molecule has 0 aliphatic rings. The number of esters is 1. The highest BCUT2D eigenvalue weighted by molar-refractivity contribution is 5.89. The van der Waals surface area contributed by atoms with Crippen molar-refractivity contribution in [1.82, 2.24) is 0 Å². The van der Waals surface area contributed by atoms with E-state index in [2.05, 4.69) is 0 Å². The third-order valence-electron chi connectivity index (χ3n) is 2.66. The van der Waals surface area contributed by atoms with Gasteiger partial charge in [-0.05, 0) is 25.5 Å². The van der Waals surface area contributed by atoms with Crippen LogP contribution in [-0.2, 0) is 14.2 Å². The summed E-state index contributed by atoms with van der Waals surface area (Å²) in [6, 6.07) is 8.76. The normalized spacial score (nSPS) is 11.5. The molecule has 0 heterocycles. The maximum absolute atomic E-state index is 11.7. The van der Waals surface area contributed by atoms with Gasteiger partial charge in [0, 0.05) is 6.42 Å². The predicted octanol–water partition coefficient (Wildman–Crippen LogP) is 3.19. The number of carbonyl (C=O) groups is 2. The molecule has 0 spiro atoms. The Bertz CT molecular complexity index is 416. The minimum absolute atomic E-state index is 0.200. The largest absolute Gasteiger partial charge is 0.508 e. The standard InChI is InChI=1S/C15H20O5/c1-3-13(20-15(17)18-4-2)10-11-19-14(16)12-8-6-5-7-9-12/h5-9,13H,3-4,10-11H2,1-2H3. The fourth-order valence-corrected chi connectivity index (χ4v) is 1.57. The first-order valence-electron chi connectivity index (χ1n) is 6.73. The van der Waals surface area contributed by atoms with Crippen molar-refractivity contribution < 1.29 is 23.8 Å². The van der Waals surface area contributed by atoms with Crippen molar-refractivity contribution in [2.24, 2.45) is 0 Å². The van der Waals surface area contributed by atoms with E-state index in [4.69, 9.17) is 14.2 Å². The second-order valence-electron chi connectivity index (χ2n) is 4.12. The number of hydrogen-bond acceptors (Lipinski definition) is 5. The lowest BCUT2D eigenvalue weighted by atomic mass is 10.2. The molecular weight excluding hydrogens is 260 g/mol. The lowest BCUT2D eigenvalue weighted by Crippen LogP contribution is -2.21. The molecular formula is C15H20O5. The van der Waals surface area contributed by atoms with Gasteiger partial charge >= 0.3 is 12.1 Å². The first-order chi connectivity index (χ1) is 9.67. The number of rotatable bonds is 7. The average Bonchev–Trinajstić information content (AvgIpc) is 2.47. The SMILES string of the molecule is CCOC(=O)OC(CC)CCOC(=O)c1ccccc1. The fraction of sp³-hybridized carbons (Fsp3) is 0.467. The Balaban J connectivity index is 2.31. The molecule has 0 N–H and O–H groups in total. The summed E-state index contributed by atoms with van der Waals surface area (Å²) in [4.78, 5) is 22.9. The topological polar surface area (TPSA) is 61.8 Å². The molecule has 0 aliphatic heterocycles. The Morgan fingerprint density at radius 1 is 1.10 bits per heavy atom. The highest BCUT2D eigenvalue weighted by Gasteiger charge is 2.14. The number of carbonyl (C=O) groups excluding carboxylic acids is 2. The molecule has 5 nitrogen and oxygen atoms in total. The van der Waals surface area contributed by atoms with Crippen LogP contribution in [-0.4, -0.2) is 31.4 Å². The summed E-state index contributed by atoms with van der Waals surface area (Å²) < 4.78 is 14.9. The van der Waals surface area contributed by atoms with Crippen LogP contribution in [0.4, 0.5) is 4.79 Å². The maximum atomic E-state index is 11.7. The zero-order valence-corrected chi connectivity index (χ0v) is 11.8. The Morgan fingerprint density at radius 2 is 1.80 bits per heavy atom. The van der Waals surface area contributed by atoms with Crippen molar-refractivity contribution in [3.05, 3.63) is 35.9 Å². The smallest absolute Gasteiger partial charge is 0.462 e. The van der Waals surface area contributed by atoms with E-state index in [0.29, 0.717) is 18.4 Å². The van der Waals surface area contributed by atoms with Crippen LogP contribution >= 0.6 is 0 Å². The van der Waals surface area contributed by atoms with Crippen LogP contribution < -0.4 is 0 Å². The van der Waals surface area contributed by atoms with Gasteiger partial charge in [0.25, 0.3) is 0 Å². The van der Waals surface area contributed by atoms with Gasteiger partial charge in [-0.25, -0.2) is 9.59 Å². The molecule has 0 aliphatic carbocycles. The van der Waals surface area contributed by atoms with Crippen molar-refractivity contribution in [3.63, 3.8) is 0 Å². The Kier molecular flexibility index (Phi) is 7.17. The number of benzene rings is 1. The van der Waals surface area contributed by atoms with Gasteiger partial charge < -0.3 is 14.2 Å². The minimum atomic E-state index is -0.686. The van der Waals surface area contributed by atoms with E-state index in [1.54, 1.807) is 31.2 Å². The molecule has 0 saturated heterocycles. The fourth-order valence-electron chi connectivity index (χ4n) is 1.57.